The molecular weight excluding hydrogens is 348 g/mol. The monoisotopic (exact) mass is 364 g/mol. The first-order chi connectivity index (χ1) is 10.3. The van der Waals surface area contributed by atoms with E-state index in [1.165, 1.54) is 4.70 Å². The number of para-hydroxylation sites is 1. The average Bonchev–Trinajstić information content (AvgIpc) is 3.08. The number of hydrogen-bond acceptors (Lipinski definition) is 4. The molecule has 0 aliphatic heterocycles. The van der Waals surface area contributed by atoms with Crippen molar-refractivity contribution >= 4 is 37.5 Å². The van der Waals surface area contributed by atoms with E-state index in [9.17, 15) is 0 Å². The SMILES string of the molecule is CCCNC(Cc1nc2ccccc2s1)c1ccc(Br)o1. The van der Waals surface area contributed by atoms with Gasteiger partial charge in [0.15, 0.2) is 4.67 Å². The summed E-state index contributed by atoms with van der Waals surface area (Å²) < 4.78 is 7.73. The molecule has 0 saturated heterocycles. The quantitative estimate of drug-likeness (QED) is 0.673. The Morgan fingerprint density at radius 2 is 2.14 bits per heavy atom. The molecule has 1 aromatic carbocycles. The molecular formula is C16H17BrN2OS. The van der Waals surface area contributed by atoms with Crippen molar-refractivity contribution in [2.45, 2.75) is 25.8 Å². The van der Waals surface area contributed by atoms with Gasteiger partial charge in [0, 0.05) is 6.42 Å². The highest BCUT2D eigenvalue weighted by molar-refractivity contribution is 9.10. The van der Waals surface area contributed by atoms with E-state index in [1.54, 1.807) is 11.3 Å². The Balaban J connectivity index is 1.83. The molecule has 0 fully saturated rings. The number of aromatic nitrogens is 1. The molecule has 2 aromatic heterocycles. The number of thiazole rings is 1. The Morgan fingerprint density at radius 3 is 2.86 bits per heavy atom. The van der Waals surface area contributed by atoms with Gasteiger partial charge in [-0.05, 0) is 53.2 Å². The highest BCUT2D eigenvalue weighted by Crippen LogP contribution is 2.28. The van der Waals surface area contributed by atoms with Crippen molar-refractivity contribution in [3.8, 4) is 0 Å². The Bertz CT molecular complexity index is 689. The fourth-order valence-corrected chi connectivity index (χ4v) is 3.62. The van der Waals surface area contributed by atoms with Crippen molar-refractivity contribution in [1.29, 1.82) is 0 Å². The highest BCUT2D eigenvalue weighted by atomic mass is 79.9. The number of nitrogens with one attached hydrogen (secondary N) is 1. The van der Waals surface area contributed by atoms with Crippen LogP contribution in [-0.4, -0.2) is 11.5 Å². The summed E-state index contributed by atoms with van der Waals surface area (Å²) in [5.41, 5.74) is 1.08. The predicted molar refractivity (Wildman–Crippen MR) is 90.8 cm³/mol. The third-order valence-corrected chi connectivity index (χ3v) is 4.78. The molecule has 0 radical (unpaired) electrons. The second-order valence-corrected chi connectivity index (χ2v) is 6.82. The van der Waals surface area contributed by atoms with Crippen LogP contribution in [-0.2, 0) is 6.42 Å². The first-order valence-electron chi connectivity index (χ1n) is 7.09. The van der Waals surface area contributed by atoms with Crippen LogP contribution in [0.15, 0.2) is 45.5 Å². The fraction of sp³-hybridized carbons (Fsp3) is 0.312. The number of benzene rings is 1. The fourth-order valence-electron chi connectivity index (χ4n) is 2.29. The molecule has 0 saturated carbocycles. The minimum atomic E-state index is 0.164. The smallest absolute Gasteiger partial charge is 0.169 e. The maximum atomic E-state index is 5.72. The Labute approximate surface area is 136 Å². The third-order valence-electron chi connectivity index (χ3n) is 3.30. The predicted octanol–water partition coefficient (Wildman–Crippen LogP) is 4.94. The van der Waals surface area contributed by atoms with E-state index in [1.807, 2.05) is 18.2 Å². The van der Waals surface area contributed by atoms with Gasteiger partial charge in [-0.3, -0.25) is 0 Å². The normalized spacial score (nSPS) is 12.9. The van der Waals surface area contributed by atoms with Crippen LogP contribution in [0.4, 0.5) is 0 Å². The first kappa shape index (κ1) is 14.8. The van der Waals surface area contributed by atoms with Gasteiger partial charge in [0.1, 0.15) is 5.76 Å². The first-order valence-corrected chi connectivity index (χ1v) is 8.70. The van der Waals surface area contributed by atoms with Gasteiger partial charge in [0.2, 0.25) is 0 Å². The van der Waals surface area contributed by atoms with Crippen LogP contribution in [0.1, 0.15) is 30.2 Å². The molecule has 0 aliphatic carbocycles. The van der Waals surface area contributed by atoms with Crippen LogP contribution >= 0.6 is 27.3 Å². The van der Waals surface area contributed by atoms with E-state index < -0.39 is 0 Å². The number of furan rings is 1. The van der Waals surface area contributed by atoms with Gasteiger partial charge in [0.05, 0.1) is 21.3 Å². The van der Waals surface area contributed by atoms with E-state index in [0.717, 1.165) is 40.3 Å². The van der Waals surface area contributed by atoms with E-state index in [4.69, 9.17) is 9.40 Å². The minimum Gasteiger partial charge on any atom is -0.453 e. The number of halogens is 1. The van der Waals surface area contributed by atoms with E-state index >= 15 is 0 Å². The topological polar surface area (TPSA) is 38.1 Å². The molecule has 1 unspecified atom stereocenters. The molecule has 3 nitrogen and oxygen atoms in total. The van der Waals surface area contributed by atoms with Gasteiger partial charge >= 0.3 is 0 Å². The molecule has 5 heteroatoms. The van der Waals surface area contributed by atoms with Gasteiger partial charge in [-0.2, -0.15) is 0 Å². The summed E-state index contributed by atoms with van der Waals surface area (Å²) in [5, 5.41) is 4.68. The van der Waals surface area contributed by atoms with Crippen LogP contribution in [0.5, 0.6) is 0 Å². The number of rotatable bonds is 6. The van der Waals surface area contributed by atoms with Crippen LogP contribution in [0.25, 0.3) is 10.2 Å². The lowest BCUT2D eigenvalue weighted by atomic mass is 10.1. The molecule has 3 aromatic rings. The lowest BCUT2D eigenvalue weighted by Gasteiger charge is -2.14. The Morgan fingerprint density at radius 1 is 1.29 bits per heavy atom. The van der Waals surface area contributed by atoms with Gasteiger partial charge in [-0.1, -0.05) is 19.1 Å². The van der Waals surface area contributed by atoms with Crippen molar-refractivity contribution in [2.24, 2.45) is 0 Å². The molecule has 0 spiro atoms. The van der Waals surface area contributed by atoms with Crippen molar-refractivity contribution in [2.75, 3.05) is 6.54 Å². The van der Waals surface area contributed by atoms with Gasteiger partial charge in [0.25, 0.3) is 0 Å². The van der Waals surface area contributed by atoms with Gasteiger partial charge < -0.3 is 9.73 Å². The van der Waals surface area contributed by atoms with Crippen LogP contribution in [0, 0.1) is 0 Å². The summed E-state index contributed by atoms with van der Waals surface area (Å²) in [7, 11) is 0. The molecule has 1 atom stereocenters. The van der Waals surface area contributed by atoms with E-state index in [-0.39, 0.29) is 6.04 Å². The molecule has 21 heavy (non-hydrogen) atoms. The summed E-state index contributed by atoms with van der Waals surface area (Å²) in [6, 6.07) is 12.4. The molecule has 0 amide bonds. The summed E-state index contributed by atoms with van der Waals surface area (Å²) in [6.45, 7) is 3.13. The summed E-state index contributed by atoms with van der Waals surface area (Å²) in [4.78, 5) is 4.72. The number of hydrogen-bond donors (Lipinski definition) is 1. The third kappa shape index (κ3) is 3.54. The number of nitrogens with zero attached hydrogens (tertiary/aromatic N) is 1. The molecule has 110 valence electrons. The van der Waals surface area contributed by atoms with Crippen LogP contribution < -0.4 is 5.32 Å². The highest BCUT2D eigenvalue weighted by Gasteiger charge is 2.17. The Kier molecular flexibility index (Phi) is 4.73. The molecule has 0 aliphatic rings. The lowest BCUT2D eigenvalue weighted by Crippen LogP contribution is -2.23. The van der Waals surface area contributed by atoms with Gasteiger partial charge in [-0.25, -0.2) is 4.98 Å². The Hall–Kier alpha value is -1.17. The minimum absolute atomic E-state index is 0.164. The van der Waals surface area contributed by atoms with Crippen LogP contribution in [0.2, 0.25) is 0 Å². The van der Waals surface area contributed by atoms with Crippen LogP contribution in [0.3, 0.4) is 0 Å². The standard InChI is InChI=1S/C16H17BrN2OS/c1-2-9-18-12(13-7-8-15(17)20-13)10-16-19-11-5-3-4-6-14(11)21-16/h3-8,12,18H,2,9-10H2,1H3. The zero-order chi connectivity index (χ0) is 14.7. The molecule has 0 bridgehead atoms. The lowest BCUT2D eigenvalue weighted by molar-refractivity contribution is 0.400. The maximum Gasteiger partial charge on any atom is 0.169 e. The van der Waals surface area contributed by atoms with E-state index in [2.05, 4.69) is 46.4 Å². The van der Waals surface area contributed by atoms with Gasteiger partial charge in [-0.15, -0.1) is 11.3 Å². The molecule has 3 rings (SSSR count). The maximum absolute atomic E-state index is 5.72. The largest absolute Gasteiger partial charge is 0.453 e. The second kappa shape index (κ2) is 6.73. The summed E-state index contributed by atoms with van der Waals surface area (Å²) >= 11 is 5.13. The van der Waals surface area contributed by atoms with Crippen molar-refractivity contribution in [3.63, 3.8) is 0 Å². The van der Waals surface area contributed by atoms with Crippen molar-refractivity contribution < 1.29 is 4.42 Å². The zero-order valence-electron chi connectivity index (χ0n) is 11.8. The second-order valence-electron chi connectivity index (χ2n) is 4.93. The van der Waals surface area contributed by atoms with Crippen molar-refractivity contribution in [1.82, 2.24) is 10.3 Å². The molecule has 1 N–H and O–H groups in total. The van der Waals surface area contributed by atoms with E-state index in [0.29, 0.717) is 0 Å². The molecule has 2 heterocycles. The number of fused-ring (bicyclic) bond motifs is 1. The van der Waals surface area contributed by atoms with Crippen molar-refractivity contribution in [3.05, 3.63) is 51.8 Å². The summed E-state index contributed by atoms with van der Waals surface area (Å²) in [5.74, 6) is 0.953. The average molecular weight is 365 g/mol. The zero-order valence-corrected chi connectivity index (χ0v) is 14.2. The summed E-state index contributed by atoms with van der Waals surface area (Å²) in [6.07, 6.45) is 1.94.